The van der Waals surface area contributed by atoms with E-state index in [-0.39, 0.29) is 12.5 Å². The minimum Gasteiger partial charge on any atom is -0.496 e. The van der Waals surface area contributed by atoms with Crippen molar-refractivity contribution in [1.82, 2.24) is 10.2 Å². The maximum Gasteiger partial charge on any atom is 0.255 e. The van der Waals surface area contributed by atoms with Crippen molar-refractivity contribution in [2.45, 2.75) is 19.4 Å². The third kappa shape index (κ3) is 2.78. The van der Waals surface area contributed by atoms with Crippen LogP contribution in [0.25, 0.3) is 0 Å². The number of ether oxygens (including phenoxy) is 1. The molecule has 2 rings (SSSR count). The Labute approximate surface area is 130 Å². The van der Waals surface area contributed by atoms with Crippen molar-refractivity contribution in [3.63, 3.8) is 0 Å². The molecule has 0 aromatic heterocycles. The van der Waals surface area contributed by atoms with Crippen LogP contribution in [0.1, 0.15) is 24.2 Å². The van der Waals surface area contributed by atoms with E-state index in [0.29, 0.717) is 15.8 Å². The van der Waals surface area contributed by atoms with Crippen molar-refractivity contribution in [3.8, 4) is 5.75 Å². The number of nitrogens with one attached hydrogen (secondary N) is 1. The van der Waals surface area contributed by atoms with E-state index >= 15 is 0 Å². The molecule has 7 heteroatoms. The monoisotopic (exact) mass is 354 g/mol. The number of carbonyl (C=O) groups excluding carboxylic acids is 3. The van der Waals surface area contributed by atoms with Crippen LogP contribution in [-0.4, -0.2) is 41.8 Å². The van der Waals surface area contributed by atoms with E-state index in [1.165, 1.54) is 12.0 Å². The fourth-order valence-electron chi connectivity index (χ4n) is 2.06. The van der Waals surface area contributed by atoms with Crippen molar-refractivity contribution in [2.75, 3.05) is 13.7 Å². The number of hydrogen-bond donors (Lipinski definition) is 1. The summed E-state index contributed by atoms with van der Waals surface area (Å²) in [5.41, 5.74) is -0.713. The quantitative estimate of drug-likeness (QED) is 0.813. The number of piperazine rings is 1. The number of amides is 3. The maximum absolute atomic E-state index is 12.6. The van der Waals surface area contributed by atoms with E-state index in [0.717, 1.165) is 0 Å². The Bertz CT molecular complexity index is 627. The average Bonchev–Trinajstić information content (AvgIpc) is 2.42. The van der Waals surface area contributed by atoms with E-state index in [1.54, 1.807) is 32.0 Å². The van der Waals surface area contributed by atoms with Gasteiger partial charge in [-0.15, -0.1) is 0 Å². The Morgan fingerprint density at radius 2 is 2.05 bits per heavy atom. The molecule has 21 heavy (non-hydrogen) atoms. The van der Waals surface area contributed by atoms with Gasteiger partial charge in [0.15, 0.2) is 0 Å². The van der Waals surface area contributed by atoms with Gasteiger partial charge in [-0.05, 0) is 48.0 Å². The molecule has 6 nitrogen and oxygen atoms in total. The third-order valence-electron chi connectivity index (χ3n) is 3.43. The summed E-state index contributed by atoms with van der Waals surface area (Å²) in [5.74, 6) is -0.759. The highest BCUT2D eigenvalue weighted by Crippen LogP contribution is 2.28. The summed E-state index contributed by atoms with van der Waals surface area (Å²) in [6.07, 6.45) is 0. The molecular weight excluding hydrogens is 340 g/mol. The summed E-state index contributed by atoms with van der Waals surface area (Å²) in [6, 6.07) is 4.85. The molecule has 1 aliphatic rings. The van der Waals surface area contributed by atoms with Crippen LogP contribution in [0.5, 0.6) is 5.75 Å². The number of hydrogen-bond acceptors (Lipinski definition) is 4. The number of carbonyl (C=O) groups is 3. The van der Waals surface area contributed by atoms with Crippen LogP contribution in [0.2, 0.25) is 0 Å². The molecule has 0 atom stereocenters. The van der Waals surface area contributed by atoms with Crippen LogP contribution in [0.4, 0.5) is 0 Å². The highest BCUT2D eigenvalue weighted by Gasteiger charge is 2.43. The Kier molecular flexibility index (Phi) is 4.04. The fourth-order valence-corrected chi connectivity index (χ4v) is 2.60. The standard InChI is InChI=1S/C14H15BrN2O4/c1-14(2)13(20)16-11(18)7-17(14)12(19)8-4-5-10(21-3)9(15)6-8/h4-6H,7H2,1-3H3,(H,16,18,20). The largest absolute Gasteiger partial charge is 0.496 e. The van der Waals surface area contributed by atoms with Crippen molar-refractivity contribution in [3.05, 3.63) is 28.2 Å². The first-order chi connectivity index (χ1) is 9.77. The van der Waals surface area contributed by atoms with Crippen molar-refractivity contribution in [2.24, 2.45) is 0 Å². The highest BCUT2D eigenvalue weighted by atomic mass is 79.9. The number of imide groups is 1. The molecule has 1 aromatic carbocycles. The lowest BCUT2D eigenvalue weighted by Crippen LogP contribution is -2.65. The molecule has 0 aliphatic carbocycles. The van der Waals surface area contributed by atoms with Gasteiger partial charge in [-0.3, -0.25) is 19.7 Å². The van der Waals surface area contributed by atoms with Gasteiger partial charge < -0.3 is 9.64 Å². The average molecular weight is 355 g/mol. The van der Waals surface area contributed by atoms with Crippen LogP contribution in [0, 0.1) is 0 Å². The zero-order valence-corrected chi connectivity index (χ0v) is 13.5. The zero-order chi connectivity index (χ0) is 15.8. The Morgan fingerprint density at radius 3 is 2.62 bits per heavy atom. The first-order valence-corrected chi connectivity index (χ1v) is 7.06. The van der Waals surface area contributed by atoms with Gasteiger partial charge in [-0.25, -0.2) is 0 Å². The summed E-state index contributed by atoms with van der Waals surface area (Å²) in [4.78, 5) is 37.3. The lowest BCUT2D eigenvalue weighted by molar-refractivity contribution is -0.143. The van der Waals surface area contributed by atoms with Crippen molar-refractivity contribution < 1.29 is 19.1 Å². The van der Waals surface area contributed by atoms with Gasteiger partial charge in [0.2, 0.25) is 5.91 Å². The van der Waals surface area contributed by atoms with E-state index in [4.69, 9.17) is 4.74 Å². The molecule has 1 N–H and O–H groups in total. The molecule has 1 fully saturated rings. The molecule has 1 aliphatic heterocycles. The fraction of sp³-hybridized carbons (Fsp3) is 0.357. The predicted octanol–water partition coefficient (Wildman–Crippen LogP) is 1.33. The minimum absolute atomic E-state index is 0.152. The lowest BCUT2D eigenvalue weighted by Gasteiger charge is -2.40. The van der Waals surface area contributed by atoms with E-state index in [2.05, 4.69) is 21.2 Å². The van der Waals surface area contributed by atoms with Crippen LogP contribution in [0.15, 0.2) is 22.7 Å². The van der Waals surface area contributed by atoms with Crippen LogP contribution >= 0.6 is 15.9 Å². The SMILES string of the molecule is COc1ccc(C(=O)N2CC(=O)NC(=O)C2(C)C)cc1Br. The Balaban J connectivity index is 2.36. The third-order valence-corrected chi connectivity index (χ3v) is 4.05. The highest BCUT2D eigenvalue weighted by molar-refractivity contribution is 9.10. The molecule has 0 spiro atoms. The second-order valence-electron chi connectivity index (χ2n) is 5.18. The van der Waals surface area contributed by atoms with Crippen LogP contribution in [0.3, 0.4) is 0 Å². The van der Waals surface area contributed by atoms with Crippen LogP contribution in [-0.2, 0) is 9.59 Å². The molecule has 1 aromatic rings. The molecule has 1 heterocycles. The molecule has 0 bridgehead atoms. The second kappa shape index (κ2) is 5.48. The first-order valence-electron chi connectivity index (χ1n) is 6.27. The predicted molar refractivity (Wildman–Crippen MR) is 79.0 cm³/mol. The number of rotatable bonds is 2. The summed E-state index contributed by atoms with van der Waals surface area (Å²) in [5, 5.41) is 2.23. The Morgan fingerprint density at radius 1 is 1.38 bits per heavy atom. The zero-order valence-electron chi connectivity index (χ0n) is 11.9. The normalized spacial score (nSPS) is 17.4. The van der Waals surface area contributed by atoms with Gasteiger partial charge >= 0.3 is 0 Å². The summed E-state index contributed by atoms with van der Waals surface area (Å²) >= 11 is 3.31. The number of halogens is 1. The van der Waals surface area contributed by atoms with Crippen molar-refractivity contribution in [1.29, 1.82) is 0 Å². The summed E-state index contributed by atoms with van der Waals surface area (Å²) < 4.78 is 5.74. The van der Waals surface area contributed by atoms with Gasteiger partial charge in [0.25, 0.3) is 11.8 Å². The van der Waals surface area contributed by atoms with E-state index < -0.39 is 17.4 Å². The van der Waals surface area contributed by atoms with Gasteiger partial charge in [0.1, 0.15) is 17.8 Å². The van der Waals surface area contributed by atoms with Crippen molar-refractivity contribution >= 4 is 33.7 Å². The second-order valence-corrected chi connectivity index (χ2v) is 6.03. The Hall–Kier alpha value is -1.89. The maximum atomic E-state index is 12.6. The van der Waals surface area contributed by atoms with Gasteiger partial charge in [0, 0.05) is 5.56 Å². The smallest absolute Gasteiger partial charge is 0.255 e. The molecule has 0 radical (unpaired) electrons. The van der Waals surface area contributed by atoms with Gasteiger partial charge in [-0.1, -0.05) is 0 Å². The molecule has 0 saturated carbocycles. The number of benzene rings is 1. The number of methoxy groups -OCH3 is 1. The van der Waals surface area contributed by atoms with E-state index in [1.807, 2.05) is 0 Å². The molecule has 3 amide bonds. The summed E-state index contributed by atoms with van der Waals surface area (Å²) in [6.45, 7) is 3.05. The molecule has 0 unspecified atom stereocenters. The topological polar surface area (TPSA) is 75.7 Å². The van der Waals surface area contributed by atoms with Gasteiger partial charge in [0.05, 0.1) is 11.6 Å². The van der Waals surface area contributed by atoms with E-state index in [9.17, 15) is 14.4 Å². The number of nitrogens with zero attached hydrogens (tertiary/aromatic N) is 1. The molecule has 1 saturated heterocycles. The molecule has 112 valence electrons. The van der Waals surface area contributed by atoms with Gasteiger partial charge in [-0.2, -0.15) is 0 Å². The molecular formula is C14H15BrN2O4. The lowest BCUT2D eigenvalue weighted by atomic mass is 9.97. The first kappa shape index (κ1) is 15.5. The minimum atomic E-state index is -1.09. The van der Waals surface area contributed by atoms with Crippen LogP contribution < -0.4 is 10.1 Å². The summed E-state index contributed by atoms with van der Waals surface area (Å²) in [7, 11) is 1.53.